The van der Waals surface area contributed by atoms with Crippen molar-refractivity contribution in [1.82, 2.24) is 4.98 Å². The van der Waals surface area contributed by atoms with Gasteiger partial charge in [-0.25, -0.2) is 13.8 Å². The molecular formula is C22H12F2N2O4S. The Balaban J connectivity index is 1.71. The fourth-order valence-electron chi connectivity index (χ4n) is 3.56. The quantitative estimate of drug-likeness (QED) is 0.456. The number of hydrogen-bond acceptors (Lipinski definition) is 6. The van der Waals surface area contributed by atoms with Crippen LogP contribution < -0.4 is 4.90 Å². The highest BCUT2D eigenvalue weighted by Crippen LogP contribution is 2.44. The van der Waals surface area contributed by atoms with Gasteiger partial charge in [-0.05, 0) is 36.4 Å². The van der Waals surface area contributed by atoms with Crippen LogP contribution in [0.4, 0.5) is 13.9 Å². The number of benzene rings is 2. The molecule has 0 spiro atoms. The van der Waals surface area contributed by atoms with Gasteiger partial charge < -0.3 is 9.52 Å². The fraction of sp³-hybridized carbons (Fsp3) is 0.0455. The first-order chi connectivity index (χ1) is 15.0. The van der Waals surface area contributed by atoms with E-state index in [-0.39, 0.29) is 22.0 Å². The number of carbonyl (C=O) groups is 2. The van der Waals surface area contributed by atoms with Gasteiger partial charge >= 0.3 is 0 Å². The molecule has 1 aliphatic rings. The number of halogens is 2. The molecule has 154 valence electrons. The number of amides is 1. The lowest BCUT2D eigenvalue weighted by molar-refractivity contribution is -0.117. The summed E-state index contributed by atoms with van der Waals surface area (Å²) < 4.78 is 34.0. The summed E-state index contributed by atoms with van der Waals surface area (Å²) in [5.41, 5.74) is 0.0996. The predicted octanol–water partition coefficient (Wildman–Crippen LogP) is 4.95. The molecule has 1 unspecified atom stereocenters. The molecule has 0 saturated carbocycles. The van der Waals surface area contributed by atoms with Crippen LogP contribution >= 0.6 is 11.3 Å². The lowest BCUT2D eigenvalue weighted by Gasteiger charge is -2.24. The maximum atomic E-state index is 14.8. The first-order valence-electron chi connectivity index (χ1n) is 9.11. The summed E-state index contributed by atoms with van der Waals surface area (Å²) in [5.74, 6) is -3.74. The Morgan fingerprint density at radius 1 is 1.13 bits per heavy atom. The highest BCUT2D eigenvalue weighted by Gasteiger charge is 2.47. The molecule has 6 nitrogen and oxygen atoms in total. The van der Waals surface area contributed by atoms with Crippen LogP contribution in [0.5, 0.6) is 0 Å². The molecule has 2 aromatic heterocycles. The van der Waals surface area contributed by atoms with Gasteiger partial charge in [0.15, 0.2) is 16.7 Å². The minimum atomic E-state index is -1.28. The van der Waals surface area contributed by atoms with Crippen LogP contribution in [0.1, 0.15) is 22.2 Å². The van der Waals surface area contributed by atoms with Crippen LogP contribution in [0.15, 0.2) is 76.6 Å². The van der Waals surface area contributed by atoms with Crippen molar-refractivity contribution >= 4 is 38.4 Å². The monoisotopic (exact) mass is 438 g/mol. The summed E-state index contributed by atoms with van der Waals surface area (Å²) in [5, 5.41) is 10.7. The molecule has 0 aliphatic carbocycles. The molecular weight excluding hydrogens is 426 g/mol. The number of hydrogen-bond donors (Lipinski definition) is 1. The molecule has 0 fully saturated rings. The third-order valence-electron chi connectivity index (χ3n) is 4.94. The van der Waals surface area contributed by atoms with Crippen molar-refractivity contribution < 1.29 is 27.9 Å². The maximum absolute atomic E-state index is 14.8. The average Bonchev–Trinajstić information content (AvgIpc) is 3.47. The number of aliphatic hydroxyl groups is 1. The normalized spacial score (nSPS) is 16.5. The largest absolute Gasteiger partial charge is 0.503 e. The number of thiazole rings is 1. The smallest absolute Gasteiger partial charge is 0.296 e. The first kappa shape index (κ1) is 19.1. The number of ketones is 1. The molecule has 0 bridgehead atoms. The summed E-state index contributed by atoms with van der Waals surface area (Å²) in [7, 11) is 0. The van der Waals surface area contributed by atoms with Crippen molar-refractivity contribution in [2.75, 3.05) is 4.90 Å². The zero-order chi connectivity index (χ0) is 21.7. The summed E-state index contributed by atoms with van der Waals surface area (Å²) in [4.78, 5) is 31.5. The van der Waals surface area contributed by atoms with E-state index in [0.29, 0.717) is 10.2 Å². The lowest BCUT2D eigenvalue weighted by Crippen LogP contribution is -2.31. The minimum absolute atomic E-state index is 0.000225. The van der Waals surface area contributed by atoms with E-state index in [0.717, 1.165) is 16.2 Å². The van der Waals surface area contributed by atoms with Gasteiger partial charge in [-0.1, -0.05) is 29.5 Å². The zero-order valence-electron chi connectivity index (χ0n) is 15.6. The van der Waals surface area contributed by atoms with Crippen molar-refractivity contribution in [3.05, 3.63) is 95.2 Å². The highest BCUT2D eigenvalue weighted by atomic mass is 32.1. The molecule has 5 rings (SSSR count). The molecule has 0 saturated heterocycles. The number of carbonyl (C=O) groups excluding carboxylic acids is 2. The summed E-state index contributed by atoms with van der Waals surface area (Å²) in [6.07, 6.45) is 1.28. The number of aliphatic hydroxyl groups excluding tert-OH is 1. The SMILES string of the molecule is O=C(C1=C(O)C(=O)N(c2nc3ccc(F)cc3s2)C1c1ccccc1F)c1ccco1. The Bertz CT molecular complexity index is 1380. The van der Waals surface area contributed by atoms with Crippen LogP contribution in [-0.2, 0) is 4.79 Å². The molecule has 9 heteroatoms. The number of anilines is 1. The molecule has 2 aromatic carbocycles. The van der Waals surface area contributed by atoms with E-state index in [9.17, 15) is 23.5 Å². The van der Waals surface area contributed by atoms with E-state index in [1.807, 2.05) is 0 Å². The summed E-state index contributed by atoms with van der Waals surface area (Å²) in [6.45, 7) is 0. The average molecular weight is 438 g/mol. The molecule has 0 radical (unpaired) electrons. The number of aromatic nitrogens is 1. The van der Waals surface area contributed by atoms with Gasteiger partial charge in [-0.2, -0.15) is 0 Å². The minimum Gasteiger partial charge on any atom is -0.503 e. The number of fused-ring (bicyclic) bond motifs is 1. The third-order valence-corrected chi connectivity index (χ3v) is 5.96. The lowest BCUT2D eigenvalue weighted by atomic mass is 9.95. The van der Waals surface area contributed by atoms with Crippen molar-refractivity contribution in [2.24, 2.45) is 0 Å². The van der Waals surface area contributed by atoms with E-state index in [1.54, 1.807) is 6.07 Å². The van der Waals surface area contributed by atoms with Gasteiger partial charge in [0.1, 0.15) is 17.7 Å². The first-order valence-corrected chi connectivity index (χ1v) is 9.93. The van der Waals surface area contributed by atoms with Crippen LogP contribution in [0.2, 0.25) is 0 Å². The van der Waals surface area contributed by atoms with Crippen molar-refractivity contribution in [3.8, 4) is 0 Å². The Morgan fingerprint density at radius 3 is 2.68 bits per heavy atom. The zero-order valence-corrected chi connectivity index (χ0v) is 16.4. The summed E-state index contributed by atoms with van der Waals surface area (Å²) >= 11 is 0.989. The number of Topliss-reactive ketones (excluding diaryl/α,β-unsaturated/α-hetero) is 1. The Kier molecular flexibility index (Phi) is 4.40. The molecule has 1 amide bonds. The summed E-state index contributed by atoms with van der Waals surface area (Å²) in [6, 6.07) is 11.2. The third kappa shape index (κ3) is 3.01. The predicted molar refractivity (Wildman–Crippen MR) is 109 cm³/mol. The van der Waals surface area contributed by atoms with Gasteiger partial charge in [0.2, 0.25) is 5.78 Å². The Morgan fingerprint density at radius 2 is 1.94 bits per heavy atom. The molecule has 31 heavy (non-hydrogen) atoms. The number of furan rings is 1. The second-order valence-electron chi connectivity index (χ2n) is 6.78. The van der Waals surface area contributed by atoms with E-state index in [2.05, 4.69) is 4.98 Å². The topological polar surface area (TPSA) is 83.6 Å². The van der Waals surface area contributed by atoms with E-state index < -0.39 is 35.1 Å². The van der Waals surface area contributed by atoms with Crippen molar-refractivity contribution in [2.45, 2.75) is 6.04 Å². The van der Waals surface area contributed by atoms with E-state index >= 15 is 0 Å². The fourth-order valence-corrected chi connectivity index (χ4v) is 4.57. The van der Waals surface area contributed by atoms with E-state index in [1.165, 1.54) is 54.8 Å². The van der Waals surface area contributed by atoms with Crippen LogP contribution in [0.3, 0.4) is 0 Å². The molecule has 4 aromatic rings. The molecule has 3 heterocycles. The standard InChI is InChI=1S/C22H12F2N2O4S/c23-11-7-8-14-16(10-11)31-22(25-14)26-18(12-4-1-2-5-13(12)24)17(20(28)21(26)29)19(27)15-6-3-9-30-15/h1-10,18,28H. The number of rotatable bonds is 4. The Labute approximate surface area is 177 Å². The van der Waals surface area contributed by atoms with E-state index in [4.69, 9.17) is 4.42 Å². The van der Waals surface area contributed by atoms with Gasteiger partial charge in [-0.3, -0.25) is 14.5 Å². The molecule has 1 atom stereocenters. The van der Waals surface area contributed by atoms with Crippen LogP contribution in [-0.4, -0.2) is 21.8 Å². The maximum Gasteiger partial charge on any atom is 0.296 e. The number of nitrogens with zero attached hydrogens (tertiary/aromatic N) is 2. The van der Waals surface area contributed by atoms with Gasteiger partial charge in [0.25, 0.3) is 5.91 Å². The van der Waals surface area contributed by atoms with Crippen molar-refractivity contribution in [1.29, 1.82) is 0 Å². The second kappa shape index (κ2) is 7.13. The Hall–Kier alpha value is -3.85. The van der Waals surface area contributed by atoms with Crippen LogP contribution in [0.25, 0.3) is 10.2 Å². The second-order valence-corrected chi connectivity index (χ2v) is 7.79. The molecule has 1 N–H and O–H groups in total. The van der Waals surface area contributed by atoms with Crippen molar-refractivity contribution in [3.63, 3.8) is 0 Å². The van der Waals surface area contributed by atoms with Crippen LogP contribution in [0, 0.1) is 11.6 Å². The van der Waals surface area contributed by atoms with Gasteiger partial charge in [0.05, 0.1) is 22.1 Å². The van der Waals surface area contributed by atoms with Gasteiger partial charge in [0, 0.05) is 5.56 Å². The van der Waals surface area contributed by atoms with Gasteiger partial charge in [-0.15, -0.1) is 0 Å². The molecule has 1 aliphatic heterocycles. The highest BCUT2D eigenvalue weighted by molar-refractivity contribution is 7.22.